The van der Waals surface area contributed by atoms with Crippen molar-refractivity contribution >= 4 is 5.91 Å². The average Bonchev–Trinajstić information content (AvgIpc) is 2.95. The Balaban J connectivity index is 1.43. The molecule has 0 spiro atoms. The van der Waals surface area contributed by atoms with Crippen LogP contribution in [-0.2, 0) is 4.79 Å². The molecule has 0 aromatic heterocycles. The summed E-state index contributed by atoms with van der Waals surface area (Å²) in [5, 5.41) is 11.2. The number of hydrogen-bond acceptors (Lipinski definition) is 2. The fourth-order valence-electron chi connectivity index (χ4n) is 7.73. The Morgan fingerprint density at radius 1 is 1.08 bits per heavy atom. The van der Waals surface area contributed by atoms with E-state index in [4.69, 9.17) is 0 Å². The lowest BCUT2D eigenvalue weighted by Crippen LogP contribution is -2.64. The van der Waals surface area contributed by atoms with Gasteiger partial charge in [-0.05, 0) is 74.5 Å². The lowest BCUT2D eigenvalue weighted by molar-refractivity contribution is -0.209. The molecule has 6 rings (SSSR count). The minimum Gasteiger partial charge on any atom is -0.390 e. The van der Waals surface area contributed by atoms with Crippen molar-refractivity contribution in [1.82, 2.24) is 4.90 Å². The van der Waals surface area contributed by atoms with E-state index in [1.54, 1.807) is 0 Å². The summed E-state index contributed by atoms with van der Waals surface area (Å²) < 4.78 is 0. The molecule has 132 valence electrons. The van der Waals surface area contributed by atoms with Gasteiger partial charge in [0.1, 0.15) is 0 Å². The third-order valence-corrected chi connectivity index (χ3v) is 8.27. The van der Waals surface area contributed by atoms with Crippen LogP contribution in [0.4, 0.5) is 0 Å². The molecule has 0 radical (unpaired) electrons. The molecule has 1 aliphatic heterocycles. The summed E-state index contributed by atoms with van der Waals surface area (Å²) in [6.45, 7) is 4.18. The summed E-state index contributed by atoms with van der Waals surface area (Å²) in [5.41, 5.74) is -0.567. The largest absolute Gasteiger partial charge is 0.390 e. The van der Waals surface area contributed by atoms with E-state index in [1.807, 2.05) is 0 Å². The van der Waals surface area contributed by atoms with E-state index >= 15 is 0 Å². The second-order valence-corrected chi connectivity index (χ2v) is 10.0. The molecule has 0 aromatic carbocycles. The van der Waals surface area contributed by atoms with Crippen molar-refractivity contribution in [2.24, 2.45) is 28.6 Å². The van der Waals surface area contributed by atoms with Crippen molar-refractivity contribution in [2.45, 2.75) is 70.3 Å². The number of carbonyl (C=O) groups is 1. The van der Waals surface area contributed by atoms with Crippen LogP contribution in [0.3, 0.4) is 0 Å². The summed E-state index contributed by atoms with van der Waals surface area (Å²) in [6, 6.07) is 0. The van der Waals surface area contributed by atoms with Crippen LogP contribution in [0.2, 0.25) is 0 Å². The second-order valence-electron chi connectivity index (χ2n) is 10.0. The van der Waals surface area contributed by atoms with Gasteiger partial charge >= 0.3 is 0 Å². The fraction of sp³-hybridized carbons (Fsp3) is 0.857. The highest BCUT2D eigenvalue weighted by Gasteiger charge is 2.65. The molecule has 1 heterocycles. The number of nitrogens with zero attached hydrogens (tertiary/aromatic N) is 1. The Morgan fingerprint density at radius 2 is 1.79 bits per heavy atom. The molecule has 3 heteroatoms. The molecule has 1 amide bonds. The number of amides is 1. The second kappa shape index (κ2) is 4.87. The molecule has 6 atom stereocenters. The molecule has 5 aliphatic carbocycles. The van der Waals surface area contributed by atoms with Gasteiger partial charge < -0.3 is 10.0 Å². The van der Waals surface area contributed by atoms with Crippen LogP contribution >= 0.6 is 0 Å². The Kier molecular flexibility index (Phi) is 3.13. The highest BCUT2D eigenvalue weighted by Crippen LogP contribution is 2.68. The normalized spacial score (nSPS) is 51.9. The third kappa shape index (κ3) is 2.09. The maximum absolute atomic E-state index is 13.6. The number of hydrogen-bond donors (Lipinski definition) is 1. The molecule has 5 fully saturated rings. The van der Waals surface area contributed by atoms with Crippen molar-refractivity contribution < 1.29 is 9.90 Å². The number of aliphatic hydroxyl groups is 1. The molecule has 4 unspecified atom stereocenters. The van der Waals surface area contributed by atoms with Crippen LogP contribution in [0, 0.1) is 28.6 Å². The summed E-state index contributed by atoms with van der Waals surface area (Å²) in [6.07, 6.45) is 14.0. The van der Waals surface area contributed by atoms with E-state index in [2.05, 4.69) is 24.0 Å². The first-order valence-corrected chi connectivity index (χ1v) is 10.1. The van der Waals surface area contributed by atoms with Gasteiger partial charge in [-0.15, -0.1) is 0 Å². The number of rotatable bonds is 2. The van der Waals surface area contributed by atoms with Crippen LogP contribution in [0.15, 0.2) is 12.2 Å². The lowest BCUT2D eigenvalue weighted by Gasteiger charge is -2.64. The smallest absolute Gasteiger partial charge is 0.228 e. The van der Waals surface area contributed by atoms with Gasteiger partial charge in [0.05, 0.1) is 11.0 Å². The SMILES string of the molecule is CCC12CC3CC(O)(C1)CC(C(=O)N1C[C@H]4CC=CC[C@H]4C1)(C3)C2. The van der Waals surface area contributed by atoms with E-state index in [1.165, 1.54) is 6.42 Å². The third-order valence-electron chi connectivity index (χ3n) is 8.27. The minimum atomic E-state index is -0.556. The number of fused-ring (bicyclic) bond motifs is 1. The summed E-state index contributed by atoms with van der Waals surface area (Å²) in [7, 11) is 0. The standard InChI is InChI=1S/C21H31NO2/c1-2-19-7-15-8-20(12-19,14-21(24,9-15)13-19)18(23)22-10-16-5-3-4-6-17(16)11-22/h3-4,15-17,24H,2,5-14H2,1H3/t15?,16-,17+,19?,20?,21?. The maximum Gasteiger partial charge on any atom is 0.228 e. The van der Waals surface area contributed by atoms with E-state index in [0.29, 0.717) is 23.7 Å². The van der Waals surface area contributed by atoms with Gasteiger partial charge in [0.25, 0.3) is 0 Å². The van der Waals surface area contributed by atoms with Gasteiger partial charge in [-0.1, -0.05) is 25.5 Å². The van der Waals surface area contributed by atoms with Crippen molar-refractivity contribution in [3.63, 3.8) is 0 Å². The molecule has 6 aliphatic rings. The molecule has 1 N–H and O–H groups in total. The Labute approximate surface area is 145 Å². The Hall–Kier alpha value is -0.830. The highest BCUT2D eigenvalue weighted by atomic mass is 16.3. The molecule has 1 saturated heterocycles. The molecular formula is C21H31NO2. The fourth-order valence-corrected chi connectivity index (χ4v) is 7.73. The predicted octanol–water partition coefficient (Wildman–Crippen LogP) is 3.52. The zero-order chi connectivity index (χ0) is 16.6. The molecular weight excluding hydrogens is 298 g/mol. The minimum absolute atomic E-state index is 0.234. The van der Waals surface area contributed by atoms with Gasteiger partial charge in [-0.3, -0.25) is 4.79 Å². The molecule has 4 bridgehead atoms. The molecule has 24 heavy (non-hydrogen) atoms. The Bertz CT molecular complexity index is 585. The van der Waals surface area contributed by atoms with E-state index in [0.717, 1.165) is 64.5 Å². The van der Waals surface area contributed by atoms with E-state index < -0.39 is 5.60 Å². The molecule has 3 nitrogen and oxygen atoms in total. The predicted molar refractivity (Wildman–Crippen MR) is 93.2 cm³/mol. The first kappa shape index (κ1) is 15.4. The maximum atomic E-state index is 13.6. The first-order valence-electron chi connectivity index (χ1n) is 10.1. The van der Waals surface area contributed by atoms with Gasteiger partial charge in [0.2, 0.25) is 5.91 Å². The number of carbonyl (C=O) groups excluding carboxylic acids is 1. The Morgan fingerprint density at radius 3 is 2.42 bits per heavy atom. The number of allylic oxidation sites excluding steroid dienone is 2. The lowest BCUT2D eigenvalue weighted by atomic mass is 9.42. The van der Waals surface area contributed by atoms with Gasteiger partial charge in [-0.25, -0.2) is 0 Å². The van der Waals surface area contributed by atoms with Crippen molar-refractivity contribution in [2.75, 3.05) is 13.1 Å². The topological polar surface area (TPSA) is 40.5 Å². The summed E-state index contributed by atoms with van der Waals surface area (Å²) in [4.78, 5) is 15.8. The quantitative estimate of drug-likeness (QED) is 0.788. The first-order chi connectivity index (χ1) is 11.4. The zero-order valence-corrected chi connectivity index (χ0v) is 15.0. The van der Waals surface area contributed by atoms with Crippen LogP contribution < -0.4 is 0 Å². The monoisotopic (exact) mass is 329 g/mol. The van der Waals surface area contributed by atoms with E-state index in [9.17, 15) is 9.90 Å². The molecule has 0 aromatic rings. The molecule has 4 saturated carbocycles. The van der Waals surface area contributed by atoms with Crippen LogP contribution in [-0.4, -0.2) is 34.6 Å². The van der Waals surface area contributed by atoms with Gasteiger partial charge in [0.15, 0.2) is 0 Å². The number of likely N-dealkylation sites (tertiary alicyclic amines) is 1. The summed E-state index contributed by atoms with van der Waals surface area (Å²) in [5.74, 6) is 2.33. The van der Waals surface area contributed by atoms with Gasteiger partial charge in [0, 0.05) is 13.1 Å². The van der Waals surface area contributed by atoms with Crippen molar-refractivity contribution in [3.05, 3.63) is 12.2 Å². The van der Waals surface area contributed by atoms with Crippen LogP contribution in [0.25, 0.3) is 0 Å². The average molecular weight is 329 g/mol. The van der Waals surface area contributed by atoms with Crippen molar-refractivity contribution in [3.8, 4) is 0 Å². The zero-order valence-electron chi connectivity index (χ0n) is 15.0. The van der Waals surface area contributed by atoms with Crippen LogP contribution in [0.5, 0.6) is 0 Å². The van der Waals surface area contributed by atoms with Crippen molar-refractivity contribution in [1.29, 1.82) is 0 Å². The van der Waals surface area contributed by atoms with E-state index in [-0.39, 0.29) is 10.8 Å². The van der Waals surface area contributed by atoms with Gasteiger partial charge in [-0.2, -0.15) is 0 Å². The van der Waals surface area contributed by atoms with Crippen LogP contribution in [0.1, 0.15) is 64.7 Å². The summed E-state index contributed by atoms with van der Waals surface area (Å²) >= 11 is 0. The highest BCUT2D eigenvalue weighted by molar-refractivity contribution is 5.84.